The molecule has 1 saturated heterocycles. The maximum absolute atomic E-state index is 12.1. The lowest BCUT2D eigenvalue weighted by Crippen LogP contribution is -2.33. The summed E-state index contributed by atoms with van der Waals surface area (Å²) >= 11 is 0. The Bertz CT molecular complexity index is 531. The van der Waals surface area contributed by atoms with Gasteiger partial charge in [-0.2, -0.15) is 5.26 Å². The number of carbonyl (C=O) groups excluding carboxylic acids is 1. The second-order valence-corrected chi connectivity index (χ2v) is 6.50. The van der Waals surface area contributed by atoms with Crippen LogP contribution in [0, 0.1) is 17.2 Å². The average molecular weight is 286 g/mol. The van der Waals surface area contributed by atoms with E-state index in [1.54, 1.807) is 0 Å². The molecule has 112 valence electrons. The summed E-state index contributed by atoms with van der Waals surface area (Å²) in [7, 11) is 0. The van der Waals surface area contributed by atoms with Crippen molar-refractivity contribution in [1.29, 1.82) is 5.26 Å². The predicted molar refractivity (Wildman–Crippen MR) is 80.6 cm³/mol. The molecule has 1 heterocycles. The number of nitriles is 1. The van der Waals surface area contributed by atoms with Crippen LogP contribution < -0.4 is 5.32 Å². The van der Waals surface area contributed by atoms with Crippen LogP contribution in [-0.4, -0.2) is 19.1 Å². The van der Waals surface area contributed by atoms with Gasteiger partial charge >= 0.3 is 0 Å². The van der Waals surface area contributed by atoms with E-state index in [0.717, 1.165) is 12.0 Å². The van der Waals surface area contributed by atoms with E-state index in [0.29, 0.717) is 13.2 Å². The van der Waals surface area contributed by atoms with Crippen LogP contribution in [0.15, 0.2) is 24.3 Å². The van der Waals surface area contributed by atoms with Gasteiger partial charge in [0, 0.05) is 6.61 Å². The fourth-order valence-corrected chi connectivity index (χ4v) is 2.37. The minimum atomic E-state index is -0.605. The lowest BCUT2D eigenvalue weighted by atomic mass is 9.86. The Morgan fingerprint density at radius 2 is 2.05 bits per heavy atom. The van der Waals surface area contributed by atoms with Crippen LogP contribution in [0.2, 0.25) is 0 Å². The van der Waals surface area contributed by atoms with Crippen molar-refractivity contribution in [3.05, 3.63) is 35.4 Å². The molecule has 4 nitrogen and oxygen atoms in total. The van der Waals surface area contributed by atoms with Gasteiger partial charge in [-0.05, 0) is 23.0 Å². The first-order chi connectivity index (χ1) is 9.91. The molecule has 1 N–H and O–H groups in total. The Morgan fingerprint density at radius 1 is 1.38 bits per heavy atom. The molecular weight excluding hydrogens is 264 g/mol. The summed E-state index contributed by atoms with van der Waals surface area (Å²) in [6.45, 7) is 7.51. The number of hydrogen-bond acceptors (Lipinski definition) is 3. The summed E-state index contributed by atoms with van der Waals surface area (Å²) in [5.41, 5.74) is 2.10. The normalized spacial score (nSPS) is 19.8. The second-order valence-electron chi connectivity index (χ2n) is 6.50. The highest BCUT2D eigenvalue weighted by Crippen LogP contribution is 2.24. The monoisotopic (exact) mass is 286 g/mol. The number of ether oxygens (including phenoxy) is 1. The summed E-state index contributed by atoms with van der Waals surface area (Å²) in [4.78, 5) is 12.1. The molecule has 1 aromatic carbocycles. The van der Waals surface area contributed by atoms with Crippen molar-refractivity contribution in [1.82, 2.24) is 5.32 Å². The van der Waals surface area contributed by atoms with E-state index in [2.05, 4.69) is 32.2 Å². The van der Waals surface area contributed by atoms with Crippen molar-refractivity contribution >= 4 is 5.91 Å². The highest BCUT2D eigenvalue weighted by atomic mass is 16.5. The summed E-state index contributed by atoms with van der Waals surface area (Å²) in [6, 6.07) is 9.42. The quantitative estimate of drug-likeness (QED) is 0.929. The Balaban J connectivity index is 2.07. The van der Waals surface area contributed by atoms with Gasteiger partial charge in [-0.15, -0.1) is 0 Å². The molecule has 1 aromatic rings. The summed E-state index contributed by atoms with van der Waals surface area (Å²) in [6.07, 6.45) is 0.729. The van der Waals surface area contributed by atoms with Crippen LogP contribution in [0.5, 0.6) is 0 Å². The number of carbonyl (C=O) groups is 1. The molecule has 0 spiro atoms. The molecule has 0 bridgehead atoms. The van der Waals surface area contributed by atoms with E-state index in [9.17, 15) is 10.1 Å². The van der Waals surface area contributed by atoms with E-state index < -0.39 is 6.04 Å². The number of rotatable bonds is 3. The Kier molecular flexibility index (Phi) is 4.64. The SMILES string of the molecule is CC(C)(C)c1ccc([C@H](C#N)NC(=O)[C@@H]2CCOC2)cc1. The van der Waals surface area contributed by atoms with Crippen LogP contribution in [0.4, 0.5) is 0 Å². The van der Waals surface area contributed by atoms with Gasteiger partial charge in [-0.1, -0.05) is 45.0 Å². The lowest BCUT2D eigenvalue weighted by Gasteiger charge is -2.20. The van der Waals surface area contributed by atoms with Crippen LogP contribution in [-0.2, 0) is 14.9 Å². The van der Waals surface area contributed by atoms with Gasteiger partial charge in [-0.3, -0.25) is 4.79 Å². The molecule has 1 aliphatic heterocycles. The number of amides is 1. The van der Waals surface area contributed by atoms with Crippen LogP contribution in [0.1, 0.15) is 44.4 Å². The van der Waals surface area contributed by atoms with Crippen LogP contribution >= 0.6 is 0 Å². The molecule has 2 rings (SSSR count). The maximum Gasteiger partial charge on any atom is 0.226 e. The van der Waals surface area contributed by atoms with Crippen molar-refractivity contribution in [3.8, 4) is 6.07 Å². The average Bonchev–Trinajstić information content (AvgIpc) is 2.98. The zero-order valence-corrected chi connectivity index (χ0v) is 12.8. The number of nitrogens with zero attached hydrogens (tertiary/aromatic N) is 1. The van der Waals surface area contributed by atoms with Gasteiger partial charge in [0.15, 0.2) is 0 Å². The fraction of sp³-hybridized carbons (Fsp3) is 0.529. The molecule has 0 aromatic heterocycles. The Morgan fingerprint density at radius 3 is 2.52 bits per heavy atom. The van der Waals surface area contributed by atoms with Gasteiger partial charge < -0.3 is 10.1 Å². The van der Waals surface area contributed by atoms with Gasteiger partial charge in [0.05, 0.1) is 18.6 Å². The maximum atomic E-state index is 12.1. The molecule has 1 fully saturated rings. The van der Waals surface area contributed by atoms with Gasteiger partial charge in [0.25, 0.3) is 0 Å². The minimum absolute atomic E-state index is 0.0745. The van der Waals surface area contributed by atoms with Gasteiger partial charge in [-0.25, -0.2) is 0 Å². The number of nitrogens with one attached hydrogen (secondary N) is 1. The van der Waals surface area contributed by atoms with E-state index in [1.165, 1.54) is 5.56 Å². The zero-order valence-electron chi connectivity index (χ0n) is 12.8. The first-order valence-corrected chi connectivity index (χ1v) is 7.30. The lowest BCUT2D eigenvalue weighted by molar-refractivity contribution is -0.125. The van der Waals surface area contributed by atoms with E-state index in [1.807, 2.05) is 24.3 Å². The zero-order chi connectivity index (χ0) is 15.5. The largest absolute Gasteiger partial charge is 0.381 e. The molecule has 4 heteroatoms. The van der Waals surface area contributed by atoms with E-state index in [-0.39, 0.29) is 17.2 Å². The number of benzene rings is 1. The third-order valence-corrected chi connectivity index (χ3v) is 3.83. The topological polar surface area (TPSA) is 62.1 Å². The van der Waals surface area contributed by atoms with E-state index >= 15 is 0 Å². The summed E-state index contributed by atoms with van der Waals surface area (Å²) in [5.74, 6) is -0.228. The van der Waals surface area contributed by atoms with Crippen LogP contribution in [0.25, 0.3) is 0 Å². The third-order valence-electron chi connectivity index (χ3n) is 3.83. The van der Waals surface area contributed by atoms with Crippen LogP contribution in [0.3, 0.4) is 0 Å². The first kappa shape index (κ1) is 15.5. The molecule has 0 unspecified atom stereocenters. The molecule has 0 radical (unpaired) electrons. The predicted octanol–water partition coefficient (Wildman–Crippen LogP) is 2.70. The van der Waals surface area contributed by atoms with Gasteiger partial charge in [0.1, 0.15) is 6.04 Å². The first-order valence-electron chi connectivity index (χ1n) is 7.30. The molecule has 0 aliphatic carbocycles. The standard InChI is InChI=1S/C17H22N2O2/c1-17(2,3)14-6-4-12(5-7-14)15(10-18)19-16(20)13-8-9-21-11-13/h4-7,13,15H,8-9,11H2,1-3H3,(H,19,20)/t13-,15+/m1/s1. The third kappa shape index (κ3) is 3.83. The van der Waals surface area contributed by atoms with Gasteiger partial charge in [0.2, 0.25) is 5.91 Å². The fourth-order valence-electron chi connectivity index (χ4n) is 2.37. The number of hydrogen-bond donors (Lipinski definition) is 1. The highest BCUT2D eigenvalue weighted by Gasteiger charge is 2.26. The van der Waals surface area contributed by atoms with Crippen molar-refractivity contribution in [3.63, 3.8) is 0 Å². The van der Waals surface area contributed by atoms with E-state index in [4.69, 9.17) is 4.74 Å². The summed E-state index contributed by atoms with van der Waals surface area (Å²) in [5, 5.41) is 12.1. The highest BCUT2D eigenvalue weighted by molar-refractivity contribution is 5.79. The molecule has 1 amide bonds. The smallest absolute Gasteiger partial charge is 0.226 e. The summed E-state index contributed by atoms with van der Waals surface area (Å²) < 4.78 is 5.21. The molecular formula is C17H22N2O2. The van der Waals surface area contributed by atoms with Crippen molar-refractivity contribution in [2.45, 2.75) is 38.6 Å². The molecule has 0 saturated carbocycles. The van der Waals surface area contributed by atoms with Crippen molar-refractivity contribution in [2.75, 3.05) is 13.2 Å². The molecule has 21 heavy (non-hydrogen) atoms. The molecule has 1 aliphatic rings. The second kappa shape index (κ2) is 6.28. The molecule has 2 atom stereocenters. The Labute approximate surface area is 126 Å². The minimum Gasteiger partial charge on any atom is -0.381 e. The Hall–Kier alpha value is -1.86. The van der Waals surface area contributed by atoms with Crippen molar-refractivity contribution in [2.24, 2.45) is 5.92 Å². The van der Waals surface area contributed by atoms with Crippen molar-refractivity contribution < 1.29 is 9.53 Å².